The van der Waals surface area contributed by atoms with Crippen LogP contribution in [0, 0.1) is 5.82 Å². The van der Waals surface area contributed by atoms with Crippen molar-refractivity contribution >= 4 is 27.6 Å². The average molecular weight is 454 g/mol. The standard InChI is InChI=1S/C14H14F4N6O5S/c15-10-2-1-8(7-9(10)14(16,17)18)20-13(21-25)11-12(23-29-22-11)19-3-6-28-30(26,27)24-4-5-24/h1-2,7,25H,3-6H2,(H,19,23)(H,20,21). The summed E-state index contributed by atoms with van der Waals surface area (Å²) in [6.45, 7) is 0.432. The SMILES string of the molecule is O=S(=O)(OCCNc1nonc1C(=Nc1ccc(F)c(C(F)(F)F)c1)NO)N1CC1. The lowest BCUT2D eigenvalue weighted by molar-refractivity contribution is -0.139. The zero-order valence-corrected chi connectivity index (χ0v) is 15.7. The molecule has 0 atom stereocenters. The monoisotopic (exact) mass is 454 g/mol. The van der Waals surface area contributed by atoms with Crippen LogP contribution in [0.1, 0.15) is 11.3 Å². The van der Waals surface area contributed by atoms with Crippen molar-refractivity contribution in [3.05, 3.63) is 35.3 Å². The summed E-state index contributed by atoms with van der Waals surface area (Å²) in [6, 6.07) is 1.97. The van der Waals surface area contributed by atoms with Gasteiger partial charge in [-0.25, -0.2) is 14.0 Å². The second-order valence-electron chi connectivity index (χ2n) is 5.80. The predicted octanol–water partition coefficient (Wildman–Crippen LogP) is 1.27. The van der Waals surface area contributed by atoms with Crippen LogP contribution in [-0.2, 0) is 20.7 Å². The Kier molecular flexibility index (Phi) is 6.20. The molecule has 2 aromatic rings. The molecule has 11 nitrogen and oxygen atoms in total. The fraction of sp³-hybridized carbons (Fsp3) is 0.357. The first-order chi connectivity index (χ1) is 14.1. The van der Waals surface area contributed by atoms with Crippen molar-refractivity contribution in [3.63, 3.8) is 0 Å². The Bertz CT molecular complexity index is 1040. The van der Waals surface area contributed by atoms with Crippen LogP contribution in [-0.4, -0.2) is 60.3 Å². The van der Waals surface area contributed by atoms with E-state index in [1.165, 1.54) is 0 Å². The van der Waals surface area contributed by atoms with E-state index < -0.39 is 33.7 Å². The Morgan fingerprint density at radius 1 is 1.33 bits per heavy atom. The highest BCUT2D eigenvalue weighted by molar-refractivity contribution is 7.84. The molecule has 0 unspecified atom stereocenters. The Morgan fingerprint density at radius 2 is 2.07 bits per heavy atom. The van der Waals surface area contributed by atoms with Gasteiger partial charge in [0.1, 0.15) is 5.82 Å². The lowest BCUT2D eigenvalue weighted by atomic mass is 10.2. The van der Waals surface area contributed by atoms with Crippen molar-refractivity contribution in [1.29, 1.82) is 0 Å². The second kappa shape index (κ2) is 8.50. The van der Waals surface area contributed by atoms with Crippen molar-refractivity contribution < 1.29 is 40.0 Å². The summed E-state index contributed by atoms with van der Waals surface area (Å²) in [5.41, 5.74) is -0.474. The number of hydroxylamine groups is 1. The van der Waals surface area contributed by atoms with Gasteiger partial charge in [0.25, 0.3) is 0 Å². The van der Waals surface area contributed by atoms with E-state index in [-0.39, 0.29) is 30.4 Å². The molecule has 0 aliphatic carbocycles. The zero-order chi connectivity index (χ0) is 21.9. The van der Waals surface area contributed by atoms with E-state index in [1.807, 2.05) is 0 Å². The molecular formula is C14H14F4N6O5S. The molecule has 0 bridgehead atoms. The minimum Gasteiger partial charge on any atom is -0.363 e. The third-order valence-corrected chi connectivity index (χ3v) is 5.13. The molecule has 1 fully saturated rings. The fourth-order valence-electron chi connectivity index (χ4n) is 2.18. The highest BCUT2D eigenvalue weighted by Crippen LogP contribution is 2.33. The number of benzene rings is 1. The summed E-state index contributed by atoms with van der Waals surface area (Å²) < 4.78 is 85.4. The van der Waals surface area contributed by atoms with Gasteiger partial charge in [0.2, 0.25) is 5.82 Å². The summed E-state index contributed by atoms with van der Waals surface area (Å²) in [5, 5.41) is 18.9. The van der Waals surface area contributed by atoms with Crippen LogP contribution in [0.3, 0.4) is 0 Å². The van der Waals surface area contributed by atoms with Gasteiger partial charge in [-0.15, -0.1) is 0 Å². The normalized spacial score (nSPS) is 15.3. The number of aromatic nitrogens is 2. The van der Waals surface area contributed by atoms with Gasteiger partial charge in [-0.2, -0.15) is 25.9 Å². The second-order valence-corrected chi connectivity index (χ2v) is 7.41. The van der Waals surface area contributed by atoms with Crippen LogP contribution in [0.4, 0.5) is 29.1 Å². The number of hydrogen-bond donors (Lipinski definition) is 3. The van der Waals surface area contributed by atoms with Gasteiger partial charge in [0.15, 0.2) is 11.5 Å². The minimum atomic E-state index is -4.94. The topological polar surface area (TPSA) is 142 Å². The van der Waals surface area contributed by atoms with Crippen molar-refractivity contribution in [3.8, 4) is 0 Å². The number of nitrogens with zero attached hydrogens (tertiary/aromatic N) is 4. The quantitative estimate of drug-likeness (QED) is 0.134. The molecule has 1 aromatic carbocycles. The summed E-state index contributed by atoms with van der Waals surface area (Å²) >= 11 is 0. The first kappa shape index (κ1) is 21.9. The molecule has 1 aliphatic heterocycles. The summed E-state index contributed by atoms with van der Waals surface area (Å²) in [5.74, 6) is -2.06. The number of halogens is 4. The Hall–Kier alpha value is -2.82. The van der Waals surface area contributed by atoms with Crippen molar-refractivity contribution in [2.24, 2.45) is 4.99 Å². The predicted molar refractivity (Wildman–Crippen MR) is 91.8 cm³/mol. The van der Waals surface area contributed by atoms with Crippen LogP contribution in [0.15, 0.2) is 27.8 Å². The molecule has 2 heterocycles. The van der Waals surface area contributed by atoms with Gasteiger partial charge in [-0.1, -0.05) is 0 Å². The average Bonchev–Trinajstić information content (AvgIpc) is 3.44. The van der Waals surface area contributed by atoms with Crippen LogP contribution in [0.2, 0.25) is 0 Å². The van der Waals surface area contributed by atoms with E-state index >= 15 is 0 Å². The number of anilines is 1. The van der Waals surface area contributed by atoms with Gasteiger partial charge in [0.05, 0.1) is 17.9 Å². The fourth-order valence-corrected chi connectivity index (χ4v) is 3.15. The summed E-state index contributed by atoms with van der Waals surface area (Å²) in [7, 11) is -3.78. The maximum atomic E-state index is 13.4. The molecule has 30 heavy (non-hydrogen) atoms. The van der Waals surface area contributed by atoms with E-state index in [4.69, 9.17) is 4.18 Å². The number of amidine groups is 1. The highest BCUT2D eigenvalue weighted by Gasteiger charge is 2.34. The third-order valence-electron chi connectivity index (χ3n) is 3.66. The van der Waals surface area contributed by atoms with Gasteiger partial charge in [-0.3, -0.25) is 14.9 Å². The lowest BCUT2D eigenvalue weighted by Crippen LogP contribution is -2.23. The third kappa shape index (κ3) is 5.21. The van der Waals surface area contributed by atoms with Crippen molar-refractivity contribution in [2.75, 3.05) is 31.6 Å². The smallest absolute Gasteiger partial charge is 0.363 e. The zero-order valence-electron chi connectivity index (χ0n) is 14.8. The van der Waals surface area contributed by atoms with E-state index in [0.717, 1.165) is 10.4 Å². The first-order valence-corrected chi connectivity index (χ1v) is 9.55. The molecule has 164 valence electrons. The van der Waals surface area contributed by atoms with Crippen molar-refractivity contribution in [2.45, 2.75) is 6.18 Å². The summed E-state index contributed by atoms with van der Waals surface area (Å²) in [6.07, 6.45) is -4.94. The molecule has 3 N–H and O–H groups in total. The molecule has 1 aliphatic rings. The molecule has 3 rings (SSSR count). The van der Waals surface area contributed by atoms with Gasteiger partial charge in [-0.05, 0) is 28.5 Å². The molecule has 0 radical (unpaired) electrons. The van der Waals surface area contributed by atoms with E-state index in [1.54, 1.807) is 5.48 Å². The van der Waals surface area contributed by atoms with E-state index in [0.29, 0.717) is 25.2 Å². The number of nitrogens with one attached hydrogen (secondary N) is 2. The number of hydrogen-bond acceptors (Lipinski definition) is 9. The number of alkyl halides is 3. The van der Waals surface area contributed by atoms with Crippen LogP contribution >= 0.6 is 0 Å². The highest BCUT2D eigenvalue weighted by atomic mass is 32.2. The molecule has 16 heteroatoms. The van der Waals surface area contributed by atoms with Gasteiger partial charge < -0.3 is 5.32 Å². The largest absolute Gasteiger partial charge is 0.419 e. The lowest BCUT2D eigenvalue weighted by Gasteiger charge is -2.09. The van der Waals surface area contributed by atoms with Gasteiger partial charge >= 0.3 is 16.5 Å². The number of rotatable bonds is 8. The number of aliphatic imine (C=N–C) groups is 1. The van der Waals surface area contributed by atoms with Crippen LogP contribution in [0.5, 0.6) is 0 Å². The van der Waals surface area contributed by atoms with E-state index in [9.17, 15) is 31.2 Å². The summed E-state index contributed by atoms with van der Waals surface area (Å²) in [4.78, 5) is 3.75. The molecule has 0 amide bonds. The van der Waals surface area contributed by atoms with Crippen molar-refractivity contribution in [1.82, 2.24) is 20.1 Å². The van der Waals surface area contributed by atoms with Gasteiger partial charge in [0, 0.05) is 19.6 Å². The molecule has 1 saturated heterocycles. The molecular weight excluding hydrogens is 440 g/mol. The Balaban J connectivity index is 1.72. The Morgan fingerprint density at radius 3 is 2.70 bits per heavy atom. The maximum Gasteiger partial charge on any atom is 0.419 e. The first-order valence-electron chi connectivity index (χ1n) is 8.18. The maximum absolute atomic E-state index is 13.4. The van der Waals surface area contributed by atoms with Crippen LogP contribution < -0.4 is 10.8 Å². The van der Waals surface area contributed by atoms with E-state index in [2.05, 4.69) is 25.3 Å². The minimum absolute atomic E-state index is 0.0677. The van der Waals surface area contributed by atoms with Crippen LogP contribution in [0.25, 0.3) is 0 Å². The molecule has 1 aromatic heterocycles. The Labute approximate surface area is 166 Å². The molecule has 0 saturated carbocycles. The molecule has 0 spiro atoms.